The number of hydrogen-bond acceptors (Lipinski definition) is 4. The molecule has 0 radical (unpaired) electrons. The highest BCUT2D eigenvalue weighted by Gasteiger charge is 2.16. The van der Waals surface area contributed by atoms with E-state index in [9.17, 15) is 0 Å². The zero-order valence-electron chi connectivity index (χ0n) is 10.1. The molecular weight excluding hydrogens is 240 g/mol. The summed E-state index contributed by atoms with van der Waals surface area (Å²) in [5, 5.41) is 7.69. The molecule has 0 amide bonds. The van der Waals surface area contributed by atoms with Gasteiger partial charge in [0.25, 0.3) is 0 Å². The van der Waals surface area contributed by atoms with Crippen molar-refractivity contribution >= 4 is 11.6 Å². The van der Waals surface area contributed by atoms with Crippen molar-refractivity contribution in [2.75, 3.05) is 0 Å². The van der Waals surface area contributed by atoms with Gasteiger partial charge >= 0.3 is 0 Å². The quantitative estimate of drug-likeness (QED) is 0.909. The summed E-state index contributed by atoms with van der Waals surface area (Å²) in [6, 6.07) is 3.75. The van der Waals surface area contributed by atoms with E-state index >= 15 is 0 Å². The zero-order valence-corrected chi connectivity index (χ0v) is 10.8. The second-order valence-electron chi connectivity index (χ2n) is 4.05. The standard InChI is InChI=1S/C12H15ClN2O2/c1-7(12-8(2)15-17-9(12)3)14-6-10-4-5-11(13)16-10/h4-5,7,14H,6H2,1-3H3. The highest BCUT2D eigenvalue weighted by molar-refractivity contribution is 6.28. The second kappa shape index (κ2) is 4.94. The number of rotatable bonds is 4. The summed E-state index contributed by atoms with van der Waals surface area (Å²) in [7, 11) is 0. The molecule has 5 heteroatoms. The minimum absolute atomic E-state index is 0.158. The van der Waals surface area contributed by atoms with E-state index < -0.39 is 0 Å². The Morgan fingerprint density at radius 3 is 2.71 bits per heavy atom. The summed E-state index contributed by atoms with van der Waals surface area (Å²) in [6.07, 6.45) is 0. The number of hydrogen-bond donors (Lipinski definition) is 1. The number of nitrogens with one attached hydrogen (secondary N) is 1. The molecule has 2 aromatic heterocycles. The maximum atomic E-state index is 5.71. The van der Waals surface area contributed by atoms with E-state index in [1.54, 1.807) is 6.07 Å². The van der Waals surface area contributed by atoms with Gasteiger partial charge in [-0.2, -0.15) is 0 Å². The third-order valence-electron chi connectivity index (χ3n) is 2.73. The summed E-state index contributed by atoms with van der Waals surface area (Å²) in [6.45, 7) is 6.54. The fourth-order valence-corrected chi connectivity index (χ4v) is 2.07. The Labute approximate surface area is 105 Å². The van der Waals surface area contributed by atoms with Crippen LogP contribution in [0.4, 0.5) is 0 Å². The first-order valence-corrected chi connectivity index (χ1v) is 5.86. The van der Waals surface area contributed by atoms with E-state index in [1.165, 1.54) is 0 Å². The highest BCUT2D eigenvalue weighted by atomic mass is 35.5. The van der Waals surface area contributed by atoms with E-state index in [2.05, 4.69) is 17.4 Å². The fourth-order valence-electron chi connectivity index (χ4n) is 1.91. The van der Waals surface area contributed by atoms with Gasteiger partial charge in [-0.1, -0.05) is 5.16 Å². The first-order chi connectivity index (χ1) is 8.08. The van der Waals surface area contributed by atoms with Gasteiger partial charge in [0.15, 0.2) is 5.22 Å². The first-order valence-electron chi connectivity index (χ1n) is 5.48. The molecule has 0 saturated heterocycles. The molecule has 0 spiro atoms. The number of aromatic nitrogens is 1. The van der Waals surface area contributed by atoms with Gasteiger partial charge in [-0.25, -0.2) is 0 Å². The van der Waals surface area contributed by atoms with E-state index in [1.807, 2.05) is 19.9 Å². The average Bonchev–Trinajstić information content (AvgIpc) is 2.83. The van der Waals surface area contributed by atoms with Crippen LogP contribution in [0, 0.1) is 13.8 Å². The summed E-state index contributed by atoms with van der Waals surface area (Å²) in [4.78, 5) is 0. The largest absolute Gasteiger partial charge is 0.448 e. The van der Waals surface area contributed by atoms with Crippen LogP contribution in [0.1, 0.15) is 35.7 Å². The van der Waals surface area contributed by atoms with Crippen molar-refractivity contribution in [3.8, 4) is 0 Å². The predicted octanol–water partition coefficient (Wildman–Crippen LogP) is 3.39. The topological polar surface area (TPSA) is 51.2 Å². The molecule has 2 heterocycles. The smallest absolute Gasteiger partial charge is 0.193 e. The van der Waals surface area contributed by atoms with Crippen molar-refractivity contribution in [1.82, 2.24) is 10.5 Å². The Balaban J connectivity index is 2.00. The van der Waals surface area contributed by atoms with E-state index in [0.29, 0.717) is 11.8 Å². The Bertz CT molecular complexity index is 485. The van der Waals surface area contributed by atoms with Crippen molar-refractivity contribution in [2.24, 2.45) is 0 Å². The number of furan rings is 1. The highest BCUT2D eigenvalue weighted by Crippen LogP contribution is 2.21. The molecule has 0 fully saturated rings. The third kappa shape index (κ3) is 2.70. The lowest BCUT2D eigenvalue weighted by Crippen LogP contribution is -2.18. The van der Waals surface area contributed by atoms with Crippen LogP contribution in [0.3, 0.4) is 0 Å². The lowest BCUT2D eigenvalue weighted by Gasteiger charge is -2.12. The van der Waals surface area contributed by atoms with E-state index in [-0.39, 0.29) is 6.04 Å². The van der Waals surface area contributed by atoms with Crippen LogP contribution >= 0.6 is 11.6 Å². The SMILES string of the molecule is Cc1noc(C)c1C(C)NCc1ccc(Cl)o1. The normalized spacial score (nSPS) is 12.9. The molecule has 2 aromatic rings. The monoisotopic (exact) mass is 254 g/mol. The summed E-state index contributed by atoms with van der Waals surface area (Å²) in [5.74, 6) is 1.66. The van der Waals surface area contributed by atoms with Gasteiger partial charge in [-0.15, -0.1) is 0 Å². The van der Waals surface area contributed by atoms with Crippen LogP contribution in [-0.2, 0) is 6.54 Å². The molecule has 0 aromatic carbocycles. The van der Waals surface area contributed by atoms with Crippen molar-refractivity contribution in [2.45, 2.75) is 33.4 Å². The lowest BCUT2D eigenvalue weighted by molar-refractivity contribution is 0.389. The van der Waals surface area contributed by atoms with Crippen LogP contribution in [0.5, 0.6) is 0 Å². The van der Waals surface area contributed by atoms with Crippen LogP contribution in [0.15, 0.2) is 21.1 Å². The van der Waals surface area contributed by atoms with E-state index in [4.69, 9.17) is 20.5 Å². The van der Waals surface area contributed by atoms with Gasteiger partial charge in [-0.05, 0) is 44.5 Å². The molecule has 1 atom stereocenters. The predicted molar refractivity (Wildman–Crippen MR) is 64.9 cm³/mol. The molecule has 2 rings (SSSR count). The van der Waals surface area contributed by atoms with E-state index in [0.717, 1.165) is 22.8 Å². The molecule has 0 saturated carbocycles. The van der Waals surface area contributed by atoms with Crippen molar-refractivity contribution in [1.29, 1.82) is 0 Å². The van der Waals surface area contributed by atoms with Crippen molar-refractivity contribution in [3.63, 3.8) is 0 Å². The minimum atomic E-state index is 0.158. The van der Waals surface area contributed by atoms with Gasteiger partial charge in [0.1, 0.15) is 11.5 Å². The summed E-state index contributed by atoms with van der Waals surface area (Å²) >= 11 is 5.71. The molecule has 0 aliphatic carbocycles. The van der Waals surface area contributed by atoms with Crippen LogP contribution in [0.25, 0.3) is 0 Å². The maximum absolute atomic E-state index is 5.71. The molecule has 0 aliphatic heterocycles. The van der Waals surface area contributed by atoms with Crippen molar-refractivity contribution in [3.05, 3.63) is 40.1 Å². The molecule has 4 nitrogen and oxygen atoms in total. The second-order valence-corrected chi connectivity index (χ2v) is 4.42. The Morgan fingerprint density at radius 1 is 1.41 bits per heavy atom. The zero-order chi connectivity index (χ0) is 12.4. The third-order valence-corrected chi connectivity index (χ3v) is 2.94. The molecule has 0 aliphatic rings. The Kier molecular flexibility index (Phi) is 3.54. The molecule has 0 bridgehead atoms. The molecule has 17 heavy (non-hydrogen) atoms. The van der Waals surface area contributed by atoms with Gasteiger partial charge in [0, 0.05) is 11.6 Å². The van der Waals surface area contributed by atoms with Gasteiger partial charge < -0.3 is 14.3 Å². The number of aryl methyl sites for hydroxylation is 2. The van der Waals surface area contributed by atoms with Gasteiger partial charge in [0.05, 0.1) is 12.2 Å². The van der Waals surface area contributed by atoms with Crippen LogP contribution < -0.4 is 5.32 Å². The molecule has 92 valence electrons. The van der Waals surface area contributed by atoms with Crippen LogP contribution in [-0.4, -0.2) is 5.16 Å². The fraction of sp³-hybridized carbons (Fsp3) is 0.417. The summed E-state index contributed by atoms with van der Waals surface area (Å²) < 4.78 is 10.4. The summed E-state index contributed by atoms with van der Waals surface area (Å²) in [5.41, 5.74) is 2.02. The van der Waals surface area contributed by atoms with Crippen molar-refractivity contribution < 1.29 is 8.94 Å². The van der Waals surface area contributed by atoms with Gasteiger partial charge in [0.2, 0.25) is 0 Å². The Hall–Kier alpha value is -1.26. The van der Waals surface area contributed by atoms with Crippen LogP contribution in [0.2, 0.25) is 5.22 Å². The average molecular weight is 255 g/mol. The minimum Gasteiger partial charge on any atom is -0.448 e. The molecule has 1 unspecified atom stereocenters. The number of nitrogens with zero attached hydrogens (tertiary/aromatic N) is 1. The molecular formula is C12H15ClN2O2. The molecule has 1 N–H and O–H groups in total. The first kappa shape index (κ1) is 12.2. The lowest BCUT2D eigenvalue weighted by atomic mass is 10.1. The Morgan fingerprint density at radius 2 is 2.18 bits per heavy atom. The van der Waals surface area contributed by atoms with Gasteiger partial charge in [-0.3, -0.25) is 0 Å². The number of halogens is 1. The maximum Gasteiger partial charge on any atom is 0.193 e.